The maximum atomic E-state index is 12.3. The molecule has 28 heavy (non-hydrogen) atoms. The number of allylic oxidation sites excluding steroid dienone is 5. The number of esters is 1. The fraction of sp³-hybridized carbons (Fsp3) is 0.652. The van der Waals surface area contributed by atoms with Crippen LogP contribution in [0.4, 0.5) is 0 Å². The molecule has 1 radical (unpaired) electrons. The van der Waals surface area contributed by atoms with Crippen LogP contribution in [0.5, 0.6) is 0 Å². The highest BCUT2D eigenvalue weighted by Gasteiger charge is 2.20. The average molecular weight is 406 g/mol. The summed E-state index contributed by atoms with van der Waals surface area (Å²) in [6, 6.07) is 0. The Morgan fingerprint density at radius 2 is 1.96 bits per heavy atom. The molecule has 0 fully saturated rings. The molecule has 0 aromatic carbocycles. The number of carbonyl (C=O) groups is 2. The van der Waals surface area contributed by atoms with Gasteiger partial charge in [0.25, 0.3) is 0 Å². The Balaban J connectivity index is 2.62. The highest BCUT2D eigenvalue weighted by atomic mass is 28.3. The molecule has 0 heterocycles. The minimum Gasteiger partial charge on any atom is -0.469 e. The number of ketones is 1. The molecule has 157 valence electrons. The van der Waals surface area contributed by atoms with Crippen molar-refractivity contribution in [2.45, 2.75) is 90.3 Å². The third kappa shape index (κ3) is 10.2. The molecule has 0 saturated carbocycles. The zero-order valence-corrected chi connectivity index (χ0v) is 19.1. The van der Waals surface area contributed by atoms with Crippen LogP contribution in [0.1, 0.15) is 71.1 Å². The van der Waals surface area contributed by atoms with Gasteiger partial charge in [-0.25, -0.2) is 0 Å². The van der Waals surface area contributed by atoms with Gasteiger partial charge in [-0.3, -0.25) is 9.59 Å². The van der Waals surface area contributed by atoms with E-state index < -0.39 is 9.04 Å². The third-order valence-corrected chi connectivity index (χ3v) is 5.58. The molecule has 1 atom stereocenters. The Labute approximate surface area is 172 Å². The summed E-state index contributed by atoms with van der Waals surface area (Å²) in [5.41, 5.74) is 2.10. The minimum atomic E-state index is -0.748. The molecule has 0 N–H and O–H groups in total. The summed E-state index contributed by atoms with van der Waals surface area (Å²) in [6.45, 7) is 6.55. The molecule has 0 unspecified atom stereocenters. The van der Waals surface area contributed by atoms with E-state index in [2.05, 4.69) is 49.1 Å². The van der Waals surface area contributed by atoms with Gasteiger partial charge in [0.1, 0.15) is 0 Å². The molecule has 0 aliphatic heterocycles. The standard InChI is InChI=1S/C23H37O4Si/c1-5-6-9-12-20(27-28(3)4)17-15-19-16-18-22(24)21(19)13-10-7-8-11-14-23(25)26-2/h7,10,15,17,20H,5-6,8-9,11-14,16,18H2,1-4H3/b10-7+,17-15+/t20-/m0/s1. The van der Waals surface area contributed by atoms with Gasteiger partial charge in [0.05, 0.1) is 13.2 Å². The number of methoxy groups -OCH3 is 1. The first kappa shape index (κ1) is 24.6. The van der Waals surface area contributed by atoms with Gasteiger partial charge in [0.2, 0.25) is 9.04 Å². The first-order chi connectivity index (χ1) is 13.5. The van der Waals surface area contributed by atoms with E-state index in [0.717, 1.165) is 36.8 Å². The van der Waals surface area contributed by atoms with E-state index in [4.69, 9.17) is 4.43 Å². The Bertz CT molecular complexity index is 575. The largest absolute Gasteiger partial charge is 0.469 e. The number of rotatable bonds is 14. The maximum absolute atomic E-state index is 12.3. The van der Waals surface area contributed by atoms with E-state index in [1.807, 2.05) is 0 Å². The highest BCUT2D eigenvalue weighted by Crippen LogP contribution is 2.27. The van der Waals surface area contributed by atoms with Crippen molar-refractivity contribution in [2.75, 3.05) is 7.11 Å². The molecule has 0 aromatic heterocycles. The van der Waals surface area contributed by atoms with Gasteiger partial charge in [-0.1, -0.05) is 50.5 Å². The summed E-state index contributed by atoms with van der Waals surface area (Å²) in [4.78, 5) is 23.4. The zero-order chi connectivity index (χ0) is 20.8. The topological polar surface area (TPSA) is 52.6 Å². The van der Waals surface area contributed by atoms with Crippen LogP contribution in [-0.4, -0.2) is 34.0 Å². The summed E-state index contributed by atoms with van der Waals surface area (Å²) in [6.07, 6.45) is 17.4. The van der Waals surface area contributed by atoms with Crippen LogP contribution >= 0.6 is 0 Å². The van der Waals surface area contributed by atoms with E-state index in [9.17, 15) is 9.59 Å². The molecule has 5 heteroatoms. The van der Waals surface area contributed by atoms with Gasteiger partial charge in [0.15, 0.2) is 5.78 Å². The van der Waals surface area contributed by atoms with Crippen LogP contribution in [-0.2, 0) is 18.8 Å². The number of carbonyl (C=O) groups excluding carboxylic acids is 2. The van der Waals surface area contributed by atoms with Crippen molar-refractivity contribution in [1.82, 2.24) is 0 Å². The molecular formula is C23H37O4Si. The first-order valence-electron chi connectivity index (χ1n) is 10.6. The van der Waals surface area contributed by atoms with Crippen molar-refractivity contribution in [2.24, 2.45) is 0 Å². The predicted octanol–water partition coefficient (Wildman–Crippen LogP) is 5.71. The van der Waals surface area contributed by atoms with Crippen LogP contribution in [0.3, 0.4) is 0 Å². The lowest BCUT2D eigenvalue weighted by atomic mass is 10.0. The summed E-state index contributed by atoms with van der Waals surface area (Å²) in [7, 11) is 0.663. The van der Waals surface area contributed by atoms with E-state index in [1.54, 1.807) is 0 Å². The average Bonchev–Trinajstić information content (AvgIpc) is 3.01. The minimum absolute atomic E-state index is 0.161. The van der Waals surface area contributed by atoms with Crippen molar-refractivity contribution in [3.63, 3.8) is 0 Å². The van der Waals surface area contributed by atoms with Crippen molar-refractivity contribution >= 4 is 20.8 Å². The van der Waals surface area contributed by atoms with Crippen LogP contribution < -0.4 is 0 Å². The Kier molecular flexibility index (Phi) is 12.7. The predicted molar refractivity (Wildman–Crippen MR) is 117 cm³/mol. The molecule has 0 bridgehead atoms. The smallest absolute Gasteiger partial charge is 0.305 e. The molecular weight excluding hydrogens is 368 g/mol. The van der Waals surface area contributed by atoms with Gasteiger partial charge in [-0.2, -0.15) is 0 Å². The molecule has 1 aliphatic carbocycles. The van der Waals surface area contributed by atoms with Gasteiger partial charge in [-0.15, -0.1) is 0 Å². The second-order valence-electron chi connectivity index (χ2n) is 7.49. The molecule has 0 saturated heterocycles. The van der Waals surface area contributed by atoms with Gasteiger partial charge >= 0.3 is 5.97 Å². The summed E-state index contributed by atoms with van der Waals surface area (Å²) in [5.74, 6) is 0.0897. The Morgan fingerprint density at radius 3 is 2.64 bits per heavy atom. The number of Topliss-reactive ketones (excluding diaryl/α,β-unsaturated/α-hetero) is 1. The Hall–Kier alpha value is -1.46. The fourth-order valence-electron chi connectivity index (χ4n) is 3.26. The van der Waals surface area contributed by atoms with Crippen LogP contribution in [0.2, 0.25) is 13.1 Å². The second kappa shape index (κ2) is 14.5. The van der Waals surface area contributed by atoms with Crippen LogP contribution in [0.15, 0.2) is 35.5 Å². The van der Waals surface area contributed by atoms with Crippen LogP contribution in [0, 0.1) is 0 Å². The van der Waals surface area contributed by atoms with Crippen molar-refractivity contribution in [1.29, 1.82) is 0 Å². The van der Waals surface area contributed by atoms with E-state index in [1.165, 1.54) is 26.4 Å². The van der Waals surface area contributed by atoms with Crippen molar-refractivity contribution < 1.29 is 18.8 Å². The number of ether oxygens (including phenoxy) is 1. The normalized spacial score (nSPS) is 16.1. The van der Waals surface area contributed by atoms with Gasteiger partial charge in [-0.05, 0) is 50.8 Å². The van der Waals surface area contributed by atoms with Gasteiger partial charge in [0, 0.05) is 18.4 Å². The summed E-state index contributed by atoms with van der Waals surface area (Å²) < 4.78 is 10.8. The van der Waals surface area contributed by atoms with Crippen LogP contribution in [0.25, 0.3) is 0 Å². The molecule has 1 rings (SSSR count). The third-order valence-electron chi connectivity index (χ3n) is 4.80. The maximum Gasteiger partial charge on any atom is 0.305 e. The lowest BCUT2D eigenvalue weighted by Crippen LogP contribution is -2.18. The fourth-order valence-corrected chi connectivity index (χ4v) is 4.06. The monoisotopic (exact) mass is 405 g/mol. The number of hydrogen-bond donors (Lipinski definition) is 0. The number of unbranched alkanes of at least 4 members (excludes halogenated alkanes) is 3. The molecule has 0 aromatic rings. The molecule has 1 aliphatic rings. The lowest BCUT2D eigenvalue weighted by molar-refractivity contribution is -0.140. The summed E-state index contributed by atoms with van der Waals surface area (Å²) in [5, 5.41) is 0. The highest BCUT2D eigenvalue weighted by molar-refractivity contribution is 6.48. The van der Waals surface area contributed by atoms with Crippen molar-refractivity contribution in [3.05, 3.63) is 35.5 Å². The lowest BCUT2D eigenvalue weighted by Gasteiger charge is -2.16. The van der Waals surface area contributed by atoms with E-state index >= 15 is 0 Å². The van der Waals surface area contributed by atoms with E-state index in [0.29, 0.717) is 19.3 Å². The number of hydrogen-bond acceptors (Lipinski definition) is 4. The van der Waals surface area contributed by atoms with E-state index in [-0.39, 0.29) is 17.9 Å². The SMILES string of the molecule is CCCCC[C@@H](/C=C/C1=C(C/C=C/CCCC(=O)OC)C(=O)CC1)O[Si](C)C. The summed E-state index contributed by atoms with van der Waals surface area (Å²) >= 11 is 0. The zero-order valence-electron chi connectivity index (χ0n) is 18.1. The Morgan fingerprint density at radius 1 is 1.18 bits per heavy atom. The molecule has 0 amide bonds. The van der Waals surface area contributed by atoms with Gasteiger partial charge < -0.3 is 9.16 Å². The quantitative estimate of drug-likeness (QED) is 0.161. The molecule has 4 nitrogen and oxygen atoms in total. The first-order valence-corrected chi connectivity index (χ1v) is 13.0. The molecule has 0 spiro atoms. The van der Waals surface area contributed by atoms with Crippen molar-refractivity contribution in [3.8, 4) is 0 Å². The second-order valence-corrected chi connectivity index (χ2v) is 9.54.